The first-order valence-corrected chi connectivity index (χ1v) is 12.2. The van der Waals surface area contributed by atoms with Crippen LogP contribution in [0.4, 0.5) is 18.9 Å². The van der Waals surface area contributed by atoms with E-state index in [0.29, 0.717) is 34.8 Å². The minimum Gasteiger partial charge on any atom is -0.476 e. The summed E-state index contributed by atoms with van der Waals surface area (Å²) in [7, 11) is 0. The average molecular weight is 529 g/mol. The molecule has 0 fully saturated rings. The van der Waals surface area contributed by atoms with Crippen LogP contribution in [0.15, 0.2) is 54.6 Å². The van der Waals surface area contributed by atoms with Gasteiger partial charge in [0, 0.05) is 12.0 Å². The second-order valence-corrected chi connectivity index (χ2v) is 9.39. The van der Waals surface area contributed by atoms with Crippen molar-refractivity contribution in [2.24, 2.45) is 0 Å². The Kier molecular flexibility index (Phi) is 8.81. The summed E-state index contributed by atoms with van der Waals surface area (Å²) in [5.74, 6) is -0.0815. The molecule has 2 aromatic carbocycles. The molecule has 0 spiro atoms. The molecule has 1 amide bonds. The number of aromatic nitrogens is 1. The van der Waals surface area contributed by atoms with E-state index in [9.17, 15) is 22.8 Å². The maximum Gasteiger partial charge on any atom is 0.416 e. The van der Waals surface area contributed by atoms with E-state index < -0.39 is 23.3 Å². The van der Waals surface area contributed by atoms with Crippen molar-refractivity contribution in [1.29, 1.82) is 0 Å². The van der Waals surface area contributed by atoms with Crippen molar-refractivity contribution >= 4 is 17.6 Å². The maximum absolute atomic E-state index is 12.8. The molecule has 3 aromatic rings. The number of rotatable bonds is 9. The molecule has 0 radical (unpaired) electrons. The Balaban J connectivity index is 1.59. The Morgan fingerprint density at radius 1 is 0.974 bits per heavy atom. The number of benzene rings is 2. The molecule has 9 heteroatoms. The molecule has 0 aliphatic rings. The number of hydrogen-bond donors (Lipinski definition) is 1. The van der Waals surface area contributed by atoms with Crippen molar-refractivity contribution in [2.75, 3.05) is 11.9 Å². The lowest BCUT2D eigenvalue weighted by Crippen LogP contribution is -2.39. The SMILES string of the molecule is CCOC(=O)C(C)(C)Oc1ccc(CCC(=O)Nc2ccc(-c3ccc(C(F)(F)F)cc3)nc2C)cc1C. The van der Waals surface area contributed by atoms with Crippen LogP contribution in [-0.4, -0.2) is 29.1 Å². The fraction of sp³-hybridized carbons (Fsp3) is 0.345. The second-order valence-electron chi connectivity index (χ2n) is 9.39. The summed E-state index contributed by atoms with van der Waals surface area (Å²) in [5, 5.41) is 2.84. The van der Waals surface area contributed by atoms with Gasteiger partial charge in [-0.1, -0.05) is 24.3 Å². The van der Waals surface area contributed by atoms with Crippen LogP contribution in [0.2, 0.25) is 0 Å². The van der Waals surface area contributed by atoms with E-state index in [1.807, 2.05) is 19.1 Å². The Morgan fingerprint density at radius 3 is 2.24 bits per heavy atom. The second kappa shape index (κ2) is 11.7. The molecule has 0 saturated carbocycles. The van der Waals surface area contributed by atoms with E-state index >= 15 is 0 Å². The van der Waals surface area contributed by atoms with Crippen molar-refractivity contribution in [3.63, 3.8) is 0 Å². The highest BCUT2D eigenvalue weighted by Crippen LogP contribution is 2.31. The summed E-state index contributed by atoms with van der Waals surface area (Å²) >= 11 is 0. The fourth-order valence-electron chi connectivity index (χ4n) is 3.76. The number of aryl methyl sites for hydroxylation is 3. The first kappa shape index (κ1) is 28.7. The molecular formula is C29H31F3N2O4. The monoisotopic (exact) mass is 528 g/mol. The molecule has 6 nitrogen and oxygen atoms in total. The lowest BCUT2D eigenvalue weighted by Gasteiger charge is -2.25. The lowest BCUT2D eigenvalue weighted by atomic mass is 10.0. The summed E-state index contributed by atoms with van der Waals surface area (Å²) in [6.07, 6.45) is -3.68. The van der Waals surface area contributed by atoms with Gasteiger partial charge in [-0.25, -0.2) is 4.79 Å². The Hall–Kier alpha value is -3.88. The number of nitrogens with zero attached hydrogens (tertiary/aromatic N) is 1. The number of carbonyl (C=O) groups is 2. The van der Waals surface area contributed by atoms with Gasteiger partial charge in [0.1, 0.15) is 5.75 Å². The first-order valence-electron chi connectivity index (χ1n) is 12.2. The number of nitrogens with one attached hydrogen (secondary N) is 1. The van der Waals surface area contributed by atoms with Gasteiger partial charge in [0.15, 0.2) is 5.60 Å². The van der Waals surface area contributed by atoms with E-state index in [1.54, 1.807) is 45.9 Å². The molecule has 38 heavy (non-hydrogen) atoms. The number of hydrogen-bond acceptors (Lipinski definition) is 5. The van der Waals surface area contributed by atoms with Crippen LogP contribution >= 0.6 is 0 Å². The van der Waals surface area contributed by atoms with Gasteiger partial charge in [-0.05, 0) is 82.5 Å². The smallest absolute Gasteiger partial charge is 0.416 e. The number of halogens is 3. The molecule has 0 aliphatic heterocycles. The van der Waals surface area contributed by atoms with E-state index in [4.69, 9.17) is 9.47 Å². The maximum atomic E-state index is 12.8. The topological polar surface area (TPSA) is 77.5 Å². The standard InChI is InChI=1S/C29H31F3N2O4/c1-6-37-27(36)28(4,5)38-25-15-7-20(17-18(25)2)8-16-26(35)34-23-13-14-24(33-19(23)3)21-9-11-22(12-10-21)29(30,31)32/h7,9-15,17H,6,8,16H2,1-5H3,(H,34,35). The van der Waals surface area contributed by atoms with Gasteiger partial charge < -0.3 is 14.8 Å². The molecule has 0 atom stereocenters. The van der Waals surface area contributed by atoms with Crippen LogP contribution < -0.4 is 10.1 Å². The van der Waals surface area contributed by atoms with Crippen molar-refractivity contribution in [1.82, 2.24) is 4.98 Å². The fourth-order valence-corrected chi connectivity index (χ4v) is 3.76. The number of ether oxygens (including phenoxy) is 2. The number of alkyl halides is 3. The molecule has 1 N–H and O–H groups in total. The van der Waals surface area contributed by atoms with Crippen LogP contribution in [0.25, 0.3) is 11.3 Å². The normalized spacial score (nSPS) is 11.7. The largest absolute Gasteiger partial charge is 0.476 e. The van der Waals surface area contributed by atoms with Gasteiger partial charge in [-0.3, -0.25) is 9.78 Å². The third-order valence-electron chi connectivity index (χ3n) is 5.88. The van der Waals surface area contributed by atoms with Gasteiger partial charge in [-0.15, -0.1) is 0 Å². The van der Waals surface area contributed by atoms with Crippen molar-refractivity contribution < 1.29 is 32.2 Å². The molecular weight excluding hydrogens is 497 g/mol. The van der Waals surface area contributed by atoms with Gasteiger partial charge in [0.05, 0.1) is 29.2 Å². The van der Waals surface area contributed by atoms with Crippen molar-refractivity contribution in [2.45, 2.75) is 59.2 Å². The van der Waals surface area contributed by atoms with Gasteiger partial charge >= 0.3 is 12.1 Å². The summed E-state index contributed by atoms with van der Waals surface area (Å²) in [6, 6.07) is 13.7. The Morgan fingerprint density at radius 2 is 1.66 bits per heavy atom. The van der Waals surface area contributed by atoms with Gasteiger partial charge in [0.2, 0.25) is 5.91 Å². The molecule has 0 saturated heterocycles. The van der Waals surface area contributed by atoms with Crippen molar-refractivity contribution in [3.05, 3.63) is 77.0 Å². The lowest BCUT2D eigenvalue weighted by molar-refractivity contribution is -0.158. The zero-order chi connectivity index (χ0) is 28.1. The summed E-state index contributed by atoms with van der Waals surface area (Å²) < 4.78 is 49.3. The number of carbonyl (C=O) groups excluding carboxylic acids is 2. The molecule has 202 valence electrons. The first-order chi connectivity index (χ1) is 17.8. The molecule has 1 aromatic heterocycles. The van der Waals surface area contributed by atoms with Gasteiger partial charge in [0.25, 0.3) is 0 Å². The Bertz CT molecular complexity index is 1300. The highest BCUT2D eigenvalue weighted by Gasteiger charge is 2.32. The number of pyridine rings is 1. The van der Waals surface area contributed by atoms with E-state index in [2.05, 4.69) is 10.3 Å². The molecule has 3 rings (SSSR count). The zero-order valence-electron chi connectivity index (χ0n) is 22.0. The van der Waals surface area contributed by atoms with Crippen LogP contribution in [-0.2, 0) is 26.9 Å². The summed E-state index contributed by atoms with van der Waals surface area (Å²) in [5.41, 5.74) is 2.07. The number of amides is 1. The quantitative estimate of drug-likeness (QED) is 0.314. The number of esters is 1. The Labute approximate surface area is 220 Å². The summed E-state index contributed by atoms with van der Waals surface area (Å²) in [4.78, 5) is 29.1. The molecule has 1 heterocycles. The zero-order valence-corrected chi connectivity index (χ0v) is 22.0. The van der Waals surface area contributed by atoms with E-state index in [1.165, 1.54) is 12.1 Å². The minimum atomic E-state index is -4.40. The van der Waals surface area contributed by atoms with Crippen LogP contribution in [0.5, 0.6) is 5.75 Å². The summed E-state index contributed by atoms with van der Waals surface area (Å²) in [6.45, 7) is 8.90. The molecule has 0 aliphatic carbocycles. The average Bonchev–Trinajstić information content (AvgIpc) is 2.85. The van der Waals surface area contributed by atoms with Crippen molar-refractivity contribution in [3.8, 4) is 17.0 Å². The third kappa shape index (κ3) is 7.34. The van der Waals surface area contributed by atoms with E-state index in [0.717, 1.165) is 23.3 Å². The highest BCUT2D eigenvalue weighted by atomic mass is 19.4. The van der Waals surface area contributed by atoms with Crippen LogP contribution in [0.1, 0.15) is 49.6 Å². The van der Waals surface area contributed by atoms with E-state index in [-0.39, 0.29) is 18.9 Å². The highest BCUT2D eigenvalue weighted by molar-refractivity contribution is 5.91. The van der Waals surface area contributed by atoms with Crippen LogP contribution in [0, 0.1) is 13.8 Å². The van der Waals surface area contributed by atoms with Gasteiger partial charge in [-0.2, -0.15) is 13.2 Å². The minimum absolute atomic E-state index is 0.196. The van der Waals surface area contributed by atoms with Crippen LogP contribution in [0.3, 0.4) is 0 Å². The predicted molar refractivity (Wildman–Crippen MR) is 139 cm³/mol. The molecule has 0 bridgehead atoms. The predicted octanol–water partition coefficient (Wildman–Crippen LogP) is 6.68. The third-order valence-corrected chi connectivity index (χ3v) is 5.88. The number of anilines is 1. The molecule has 0 unspecified atom stereocenters.